The van der Waals surface area contributed by atoms with Crippen molar-refractivity contribution in [3.05, 3.63) is 0 Å². The fourth-order valence-corrected chi connectivity index (χ4v) is 1.34. The van der Waals surface area contributed by atoms with Crippen LogP contribution in [-0.4, -0.2) is 49.3 Å². The second-order valence-corrected chi connectivity index (χ2v) is 4.76. The van der Waals surface area contributed by atoms with Gasteiger partial charge in [-0.15, -0.1) is 0 Å². The number of hydrogen-bond acceptors (Lipinski definition) is 4. The van der Waals surface area contributed by atoms with Crippen molar-refractivity contribution in [3.8, 4) is 0 Å². The van der Waals surface area contributed by atoms with Gasteiger partial charge in [0, 0.05) is 12.5 Å². The Hall–Kier alpha value is 0.570. The van der Waals surface area contributed by atoms with Gasteiger partial charge >= 0.3 is 0 Å². The lowest BCUT2D eigenvalue weighted by Gasteiger charge is -2.27. The molecule has 0 aromatic carbocycles. The topological polar surface area (TPSA) is 80.9 Å². The Kier molecular flexibility index (Phi) is 6.40. The second-order valence-electron chi connectivity index (χ2n) is 3.33. The number of aliphatic hydroxyl groups excluding tert-OH is 4. The molecule has 0 rings (SSSR count). The quantitative estimate of drug-likeness (QED) is 0.409. The summed E-state index contributed by atoms with van der Waals surface area (Å²) < 4.78 is -0.429. The van der Waals surface area contributed by atoms with E-state index >= 15 is 0 Å². The van der Waals surface area contributed by atoms with Crippen LogP contribution >= 0.6 is 22.6 Å². The summed E-state index contributed by atoms with van der Waals surface area (Å²) in [5.41, 5.74) is 0. The number of rotatable bonds is 5. The minimum Gasteiger partial charge on any atom is -0.396 e. The minimum absolute atomic E-state index is 0.179. The molecule has 5 atom stereocenters. The number of alkyl halides is 1. The van der Waals surface area contributed by atoms with Crippen molar-refractivity contribution in [2.45, 2.75) is 36.1 Å². The van der Waals surface area contributed by atoms with Gasteiger partial charge in [0.15, 0.2) is 0 Å². The highest BCUT2D eigenvalue weighted by atomic mass is 127. The van der Waals surface area contributed by atoms with Gasteiger partial charge in [0.2, 0.25) is 0 Å². The van der Waals surface area contributed by atoms with E-state index in [1.54, 1.807) is 13.8 Å². The second kappa shape index (κ2) is 6.13. The summed E-state index contributed by atoms with van der Waals surface area (Å²) >= 11 is 1.88. The zero-order valence-electron chi connectivity index (χ0n) is 7.76. The molecule has 0 amide bonds. The molecule has 0 heterocycles. The van der Waals surface area contributed by atoms with Gasteiger partial charge in [0.25, 0.3) is 0 Å². The SMILES string of the molecule is CC(O)C(I)C(O)C(O)C(C)CO. The molecule has 0 aliphatic carbocycles. The molecule has 0 aromatic rings. The summed E-state index contributed by atoms with van der Waals surface area (Å²) in [6, 6.07) is 0. The van der Waals surface area contributed by atoms with E-state index in [0.717, 1.165) is 0 Å². The summed E-state index contributed by atoms with van der Waals surface area (Å²) in [5, 5.41) is 36.9. The molecule has 0 saturated heterocycles. The maximum Gasteiger partial charge on any atom is 0.0944 e. The number of aliphatic hydroxyl groups is 4. The Morgan fingerprint density at radius 1 is 1.08 bits per heavy atom. The van der Waals surface area contributed by atoms with Crippen LogP contribution in [0.3, 0.4) is 0 Å². The van der Waals surface area contributed by atoms with Gasteiger partial charge in [-0.05, 0) is 6.92 Å². The van der Waals surface area contributed by atoms with E-state index in [4.69, 9.17) is 10.2 Å². The van der Waals surface area contributed by atoms with Crippen molar-refractivity contribution >= 4 is 22.6 Å². The lowest BCUT2D eigenvalue weighted by Crippen LogP contribution is -2.43. The van der Waals surface area contributed by atoms with E-state index in [1.165, 1.54) is 0 Å². The third-order valence-electron chi connectivity index (χ3n) is 2.01. The van der Waals surface area contributed by atoms with Gasteiger partial charge in [-0.2, -0.15) is 0 Å². The first kappa shape index (κ1) is 13.6. The molecule has 0 aliphatic rings. The Morgan fingerprint density at radius 2 is 1.54 bits per heavy atom. The van der Waals surface area contributed by atoms with E-state index in [9.17, 15) is 10.2 Å². The van der Waals surface area contributed by atoms with E-state index in [2.05, 4.69) is 0 Å². The van der Waals surface area contributed by atoms with Crippen LogP contribution in [0.5, 0.6) is 0 Å². The molecule has 0 spiro atoms. The van der Waals surface area contributed by atoms with E-state index in [-0.39, 0.29) is 12.5 Å². The lowest BCUT2D eigenvalue weighted by atomic mass is 9.97. The van der Waals surface area contributed by atoms with Crippen LogP contribution in [0.2, 0.25) is 0 Å². The molecule has 80 valence electrons. The van der Waals surface area contributed by atoms with Crippen LogP contribution in [0.1, 0.15) is 13.8 Å². The maximum absolute atomic E-state index is 9.53. The van der Waals surface area contributed by atoms with Crippen molar-refractivity contribution in [2.24, 2.45) is 5.92 Å². The normalized spacial score (nSPS) is 23.3. The van der Waals surface area contributed by atoms with Crippen LogP contribution < -0.4 is 0 Å². The van der Waals surface area contributed by atoms with Crippen LogP contribution in [0.15, 0.2) is 0 Å². The van der Waals surface area contributed by atoms with Gasteiger partial charge in [-0.25, -0.2) is 0 Å². The molecule has 5 unspecified atom stereocenters. The third kappa shape index (κ3) is 4.07. The van der Waals surface area contributed by atoms with Gasteiger partial charge in [0.1, 0.15) is 0 Å². The Morgan fingerprint density at radius 3 is 1.85 bits per heavy atom. The predicted molar refractivity (Wildman–Crippen MR) is 57.8 cm³/mol. The fraction of sp³-hybridized carbons (Fsp3) is 1.00. The largest absolute Gasteiger partial charge is 0.396 e. The molecular weight excluding hydrogens is 287 g/mol. The average molecular weight is 304 g/mol. The van der Waals surface area contributed by atoms with E-state index in [0.29, 0.717) is 0 Å². The Bertz CT molecular complexity index is 142. The summed E-state index contributed by atoms with van der Waals surface area (Å²) in [5.74, 6) is -0.383. The molecule has 0 saturated carbocycles. The first-order valence-corrected chi connectivity index (χ1v) is 5.45. The fourth-order valence-electron chi connectivity index (χ4n) is 0.918. The predicted octanol–water partition coefficient (Wildman–Crippen LogP) is -0.479. The minimum atomic E-state index is -1.01. The number of halogens is 1. The monoisotopic (exact) mass is 304 g/mol. The van der Waals surface area contributed by atoms with E-state index in [1.807, 2.05) is 22.6 Å². The summed E-state index contributed by atoms with van der Waals surface area (Å²) in [6.07, 6.45) is -2.69. The van der Waals surface area contributed by atoms with Crippen molar-refractivity contribution in [1.29, 1.82) is 0 Å². The van der Waals surface area contributed by atoms with Crippen LogP contribution in [0, 0.1) is 5.92 Å². The molecule has 0 aliphatic heterocycles. The van der Waals surface area contributed by atoms with Gasteiger partial charge < -0.3 is 20.4 Å². The first-order valence-electron chi connectivity index (χ1n) is 4.21. The molecule has 0 aromatic heterocycles. The van der Waals surface area contributed by atoms with Gasteiger partial charge in [-0.1, -0.05) is 29.5 Å². The molecule has 5 heteroatoms. The molecule has 4 N–H and O–H groups in total. The third-order valence-corrected chi connectivity index (χ3v) is 3.79. The smallest absolute Gasteiger partial charge is 0.0944 e. The van der Waals surface area contributed by atoms with Crippen molar-refractivity contribution < 1.29 is 20.4 Å². The molecule has 0 radical (unpaired) electrons. The van der Waals surface area contributed by atoms with Crippen LogP contribution in [0.4, 0.5) is 0 Å². The highest BCUT2D eigenvalue weighted by molar-refractivity contribution is 14.1. The van der Waals surface area contributed by atoms with Gasteiger partial charge in [0.05, 0.1) is 22.2 Å². The molecule has 0 bridgehead atoms. The Labute approximate surface area is 91.7 Å². The number of hydrogen-bond donors (Lipinski definition) is 4. The highest BCUT2D eigenvalue weighted by Crippen LogP contribution is 2.18. The molecular formula is C8H17IO4. The summed E-state index contributed by atoms with van der Waals surface area (Å²) in [7, 11) is 0. The van der Waals surface area contributed by atoms with E-state index < -0.39 is 22.2 Å². The Balaban J connectivity index is 4.15. The standard InChI is InChI=1S/C8H17IO4/c1-4(3-10)7(12)8(13)6(9)5(2)11/h4-8,10-13H,3H2,1-2H3. The van der Waals surface area contributed by atoms with Crippen LogP contribution in [-0.2, 0) is 0 Å². The van der Waals surface area contributed by atoms with Crippen LogP contribution in [0.25, 0.3) is 0 Å². The first-order chi connectivity index (χ1) is 5.91. The molecule has 4 nitrogen and oxygen atoms in total. The summed E-state index contributed by atoms with van der Waals surface area (Å²) in [4.78, 5) is 0. The zero-order chi connectivity index (χ0) is 10.6. The maximum atomic E-state index is 9.53. The lowest BCUT2D eigenvalue weighted by molar-refractivity contribution is -0.0379. The van der Waals surface area contributed by atoms with Gasteiger partial charge in [-0.3, -0.25) is 0 Å². The van der Waals surface area contributed by atoms with Crippen molar-refractivity contribution in [1.82, 2.24) is 0 Å². The highest BCUT2D eigenvalue weighted by Gasteiger charge is 2.30. The van der Waals surface area contributed by atoms with Crippen molar-refractivity contribution in [3.63, 3.8) is 0 Å². The molecule has 13 heavy (non-hydrogen) atoms. The zero-order valence-corrected chi connectivity index (χ0v) is 9.92. The van der Waals surface area contributed by atoms with Crippen molar-refractivity contribution in [2.75, 3.05) is 6.61 Å². The summed E-state index contributed by atoms with van der Waals surface area (Å²) in [6.45, 7) is 3.01. The average Bonchev–Trinajstić information content (AvgIpc) is 2.12. The molecule has 0 fully saturated rings.